The highest BCUT2D eigenvalue weighted by Crippen LogP contribution is 2.69. The van der Waals surface area contributed by atoms with Crippen molar-refractivity contribution in [2.24, 2.45) is 58.1 Å². The van der Waals surface area contributed by atoms with Crippen LogP contribution in [0, 0.1) is 59.2 Å². The number of hydrogen-bond donors (Lipinski definition) is 9. The fraction of sp³-hybridized carbons (Fsp3) is 0.500. The zero-order valence-corrected chi connectivity index (χ0v) is 58.7. The Balaban J connectivity index is 0.857. The Bertz CT molecular complexity index is 4520. The highest BCUT2D eigenvalue weighted by Gasteiger charge is 2.69. The molecule has 2 saturated carbocycles. The van der Waals surface area contributed by atoms with Crippen molar-refractivity contribution in [2.45, 2.75) is 183 Å². The number of phenolic OH excluding ortho intramolecular Hbond substituents is 3. The molecule has 6 aromatic rings. The standard InChI is InChI=1S/C86H98N6O10/c1-98-30-7-29-88-84(87)89-43-59-35-54-19-16-49(14-15-50-18-27-72(95)58(32-50)33-51-8-4-13-66(94)34-51)17-25-67-70-40-57-11-6-31-99-83(57)91-81(70)90-82-76(67)78(59)102-75(54)42-73(96)53-22-26-68-69(39-53)61(46-93)41-74(97)79(68)100-47-62-38-65(37-60-44-92(82)45-71(60)62)86-64-24-20-52-9-5-10-55(77(52)86)36-56-21-23-63-12-2-3-28-85(63,80(56)86)101-48-64/h4-5,8-10,13,18,22,26-27,32,34-35,37-38,41,44-45,49,53-54,56-57,63-64,73,75,78,80-81,83,90-91,93-97H,2-3,6-7,11-12,14-16,19-21,23-24,28-31,33,36,39-40,42-43,46-48H2,1H3,(H3,87,88,89). The summed E-state index contributed by atoms with van der Waals surface area (Å²) >= 11 is 0. The summed E-state index contributed by atoms with van der Waals surface area (Å²) in [5, 5.41) is 71.8. The third-order valence-corrected chi connectivity index (χ3v) is 26.4. The molecule has 1 spiro atoms. The lowest BCUT2D eigenvalue weighted by atomic mass is 9.39. The zero-order chi connectivity index (χ0) is 69.0. The monoisotopic (exact) mass is 1370 g/mol. The number of phenols is 3. The number of hydrogen-bond acceptors (Lipinski definition) is 13. The van der Waals surface area contributed by atoms with Gasteiger partial charge < -0.3 is 70.2 Å². The molecule has 102 heavy (non-hydrogen) atoms. The molecule has 532 valence electrons. The third-order valence-electron chi connectivity index (χ3n) is 26.4. The minimum atomic E-state index is -0.863. The van der Waals surface area contributed by atoms with Crippen molar-refractivity contribution in [1.29, 1.82) is 0 Å². The second kappa shape index (κ2) is 27.0. The number of piperidine rings is 1. The van der Waals surface area contributed by atoms with E-state index in [-0.39, 0.29) is 90.0 Å². The van der Waals surface area contributed by atoms with Gasteiger partial charge in [0.25, 0.3) is 0 Å². The number of methoxy groups -OCH3 is 1. The molecule has 16 heteroatoms. The first-order valence-electron chi connectivity index (χ1n) is 38.4. The van der Waals surface area contributed by atoms with Crippen molar-refractivity contribution in [3.63, 3.8) is 0 Å². The summed E-state index contributed by atoms with van der Waals surface area (Å²) in [6.45, 7) is 2.73. The number of rotatable bonds is 13. The normalized spacial score (nSPS) is 31.8. The Labute approximate surface area is 598 Å². The predicted molar refractivity (Wildman–Crippen MR) is 393 cm³/mol. The van der Waals surface area contributed by atoms with E-state index in [2.05, 4.69) is 93.3 Å². The van der Waals surface area contributed by atoms with Gasteiger partial charge in [0.1, 0.15) is 42.4 Å². The maximum atomic E-state index is 13.0. The lowest BCUT2D eigenvalue weighted by Crippen LogP contribution is -2.70. The van der Waals surface area contributed by atoms with Crippen molar-refractivity contribution in [3.8, 4) is 34.8 Å². The summed E-state index contributed by atoms with van der Waals surface area (Å²) in [6, 6.07) is 27.1. The number of aliphatic hydroxyl groups is 2. The molecule has 20 rings (SSSR count). The van der Waals surface area contributed by atoms with Crippen LogP contribution in [0.1, 0.15) is 158 Å². The van der Waals surface area contributed by atoms with Crippen LogP contribution in [0.25, 0.3) is 22.7 Å². The number of aliphatic hydroxyl groups excluding tert-OH is 2. The topological polar surface area (TPSA) is 227 Å². The van der Waals surface area contributed by atoms with Crippen LogP contribution in [0.15, 0.2) is 131 Å². The molecular formula is C86H98N6O10. The summed E-state index contributed by atoms with van der Waals surface area (Å²) in [5.74, 6) is 11.2. The van der Waals surface area contributed by atoms with Crippen molar-refractivity contribution >= 4 is 28.6 Å². The van der Waals surface area contributed by atoms with Gasteiger partial charge in [0.05, 0.1) is 37.6 Å². The summed E-state index contributed by atoms with van der Waals surface area (Å²) in [7, 11) is 1.71. The van der Waals surface area contributed by atoms with E-state index < -0.39 is 18.3 Å². The number of guanidine groups is 1. The smallest absolute Gasteiger partial charge is 0.188 e. The van der Waals surface area contributed by atoms with Gasteiger partial charge in [-0.05, 0) is 218 Å². The van der Waals surface area contributed by atoms with Crippen LogP contribution in [0.2, 0.25) is 0 Å². The highest BCUT2D eigenvalue weighted by molar-refractivity contribution is 5.89. The summed E-state index contributed by atoms with van der Waals surface area (Å²) < 4.78 is 37.3. The summed E-state index contributed by atoms with van der Waals surface area (Å²) in [6.07, 6.45) is 26.5. The molecule has 3 saturated heterocycles. The molecule has 5 fully saturated rings. The molecule has 15 unspecified atom stereocenters. The predicted octanol–water partition coefficient (Wildman–Crippen LogP) is 12.2. The second-order valence-corrected chi connectivity index (χ2v) is 32.0. The van der Waals surface area contributed by atoms with Crippen LogP contribution in [-0.4, -0.2) is 112 Å². The maximum absolute atomic E-state index is 13.0. The Morgan fingerprint density at radius 3 is 2.68 bits per heavy atom. The molecule has 10 N–H and O–H groups in total. The number of nitrogens with one attached hydrogen (secondary N) is 3. The fourth-order valence-electron chi connectivity index (χ4n) is 21.8. The lowest BCUT2D eigenvalue weighted by molar-refractivity contribution is -0.247. The number of fused-ring (bicyclic) bond motifs is 7. The number of nitrogens with two attached hydrogens (primary N) is 1. The molecule has 16 nitrogen and oxygen atoms in total. The minimum Gasteiger partial charge on any atom is -0.508 e. The lowest BCUT2D eigenvalue weighted by Gasteiger charge is -2.69. The van der Waals surface area contributed by atoms with Crippen molar-refractivity contribution < 1.29 is 49.2 Å². The molecule has 5 aromatic carbocycles. The van der Waals surface area contributed by atoms with Crippen LogP contribution in [-0.2, 0) is 69.7 Å². The highest BCUT2D eigenvalue weighted by atomic mass is 16.5. The Morgan fingerprint density at radius 2 is 1.77 bits per heavy atom. The van der Waals surface area contributed by atoms with Gasteiger partial charge in [-0.3, -0.25) is 5.32 Å². The van der Waals surface area contributed by atoms with Crippen LogP contribution < -0.4 is 26.4 Å². The number of ether oxygens (including phenoxy) is 5. The first kappa shape index (κ1) is 66.1. The number of aryl methyl sites for hydroxylation is 2. The maximum Gasteiger partial charge on any atom is 0.188 e. The van der Waals surface area contributed by atoms with E-state index in [1.54, 1.807) is 36.9 Å². The average molecular weight is 1380 g/mol. The first-order valence-corrected chi connectivity index (χ1v) is 38.4. The van der Waals surface area contributed by atoms with Gasteiger partial charge >= 0.3 is 0 Å². The van der Waals surface area contributed by atoms with Crippen LogP contribution >= 0.6 is 0 Å². The van der Waals surface area contributed by atoms with E-state index >= 15 is 0 Å². The Morgan fingerprint density at radius 1 is 0.863 bits per heavy atom. The van der Waals surface area contributed by atoms with Gasteiger partial charge in [-0.2, -0.15) is 0 Å². The Hall–Kier alpha value is -7.85. The van der Waals surface area contributed by atoms with Gasteiger partial charge in [0.2, 0.25) is 0 Å². The SMILES string of the molecule is COCCCNC(N)=NCC1=CC2CCC(CCc3ccc(O)c(Cc4cccc(O)c4)c3)C#CC3=C4CC5CCCOC5NC4NC4=C3C1OC2CC(O)C1C=Cc2c(c(CO)cc(O)c2OCc2cc(C35c6c7cccc6CC6CCC8CCCCC8(OCC3CC7)C65)cc3cn4cc23)C1. The number of benzene rings is 5. The van der Waals surface area contributed by atoms with Gasteiger partial charge in [0.15, 0.2) is 17.5 Å². The van der Waals surface area contributed by atoms with E-state index in [1.807, 2.05) is 24.3 Å². The average Bonchev–Trinajstić information content (AvgIpc) is 0.725. The molecule has 14 aliphatic rings. The summed E-state index contributed by atoms with van der Waals surface area (Å²) in [4.78, 5) is 5.15. The second-order valence-electron chi connectivity index (χ2n) is 32.0. The number of aromatic hydroxyl groups is 3. The van der Waals surface area contributed by atoms with E-state index in [4.69, 9.17) is 34.4 Å². The first-order chi connectivity index (χ1) is 49.9. The van der Waals surface area contributed by atoms with E-state index in [9.17, 15) is 25.5 Å². The molecule has 10 bridgehead atoms. The third kappa shape index (κ3) is 11.5. The quantitative estimate of drug-likeness (QED) is 0.0172. The number of aromatic nitrogens is 1. The van der Waals surface area contributed by atoms with Gasteiger partial charge in [-0.25, -0.2) is 4.99 Å². The van der Waals surface area contributed by atoms with Crippen molar-refractivity contribution in [3.05, 3.63) is 187 Å². The molecule has 1 aromatic heterocycles. The summed E-state index contributed by atoms with van der Waals surface area (Å²) in [5.41, 5.74) is 22.2. The van der Waals surface area contributed by atoms with E-state index in [0.29, 0.717) is 74.0 Å². The van der Waals surface area contributed by atoms with Gasteiger partial charge in [0, 0.05) is 115 Å². The van der Waals surface area contributed by atoms with E-state index in [1.165, 1.54) is 54.4 Å². The number of nitrogens with zero attached hydrogens (tertiary/aromatic N) is 2. The van der Waals surface area contributed by atoms with Crippen molar-refractivity contribution in [2.75, 3.05) is 40.0 Å². The fourth-order valence-corrected chi connectivity index (χ4v) is 21.8. The molecular weight excluding hydrogens is 1280 g/mol. The van der Waals surface area contributed by atoms with Crippen LogP contribution in [0.4, 0.5) is 0 Å². The number of dihydropyridines is 1. The molecule has 0 amide bonds. The van der Waals surface area contributed by atoms with Gasteiger partial charge in [-0.15, -0.1) is 0 Å². The van der Waals surface area contributed by atoms with Crippen molar-refractivity contribution in [1.82, 2.24) is 20.5 Å². The van der Waals surface area contributed by atoms with Crippen LogP contribution in [0.3, 0.4) is 0 Å². The van der Waals surface area contributed by atoms with Gasteiger partial charge in [-0.1, -0.05) is 91.4 Å². The minimum absolute atomic E-state index is 0.0252. The molecule has 0 radical (unpaired) electrons. The van der Waals surface area contributed by atoms with E-state index in [0.717, 1.165) is 150 Å². The largest absolute Gasteiger partial charge is 0.508 e. The molecule has 9 heterocycles. The molecule has 6 aliphatic carbocycles. The Kier molecular flexibility index (Phi) is 17.5. The molecule has 15 atom stereocenters. The number of aliphatic imine (C=N–C) groups is 1. The van der Waals surface area contributed by atoms with Crippen LogP contribution in [0.5, 0.6) is 23.0 Å². The molecule has 8 aliphatic heterocycles. The zero-order valence-electron chi connectivity index (χ0n) is 58.7.